The molecule has 3 heterocycles. The average Bonchev–Trinajstić information content (AvgIpc) is 3.15. The van der Waals surface area contributed by atoms with Crippen molar-refractivity contribution < 1.29 is 9.59 Å². The van der Waals surface area contributed by atoms with E-state index in [-0.39, 0.29) is 18.1 Å². The van der Waals surface area contributed by atoms with Gasteiger partial charge in [-0.25, -0.2) is 4.85 Å². The van der Waals surface area contributed by atoms with Crippen LogP contribution in [0, 0.1) is 13.5 Å². The topological polar surface area (TPSA) is 62.8 Å². The molecule has 7 nitrogen and oxygen atoms in total. The highest BCUT2D eigenvalue weighted by Gasteiger charge is 2.25. The van der Waals surface area contributed by atoms with Crippen molar-refractivity contribution in [3.63, 3.8) is 0 Å². The number of ketones is 1. The van der Waals surface area contributed by atoms with Crippen LogP contribution in [-0.2, 0) is 11.2 Å². The Kier molecular flexibility index (Phi) is 7.09. The summed E-state index contributed by atoms with van der Waals surface area (Å²) in [4.78, 5) is 38.1. The number of rotatable bonds is 7. The van der Waals surface area contributed by atoms with Crippen molar-refractivity contribution in [3.8, 4) is 5.69 Å². The van der Waals surface area contributed by atoms with Crippen LogP contribution < -0.4 is 0 Å². The molecule has 0 radical (unpaired) electrons. The van der Waals surface area contributed by atoms with Gasteiger partial charge >= 0.3 is 0 Å². The van der Waals surface area contributed by atoms with Crippen LogP contribution in [0.4, 0.5) is 5.69 Å². The number of hydrogen-bond acceptors (Lipinski definition) is 4. The van der Waals surface area contributed by atoms with Gasteiger partial charge in [-0.1, -0.05) is 18.6 Å². The maximum atomic E-state index is 13.5. The Morgan fingerprint density at radius 2 is 1.85 bits per heavy atom. The van der Waals surface area contributed by atoms with Crippen molar-refractivity contribution in [2.45, 2.75) is 39.5 Å². The Morgan fingerprint density at radius 3 is 2.50 bits per heavy atom. The lowest BCUT2D eigenvalue weighted by atomic mass is 10.1. The van der Waals surface area contributed by atoms with Gasteiger partial charge in [-0.15, -0.1) is 0 Å². The van der Waals surface area contributed by atoms with E-state index in [1.807, 2.05) is 36.6 Å². The highest BCUT2D eigenvalue weighted by Crippen LogP contribution is 2.30. The van der Waals surface area contributed by atoms with Crippen molar-refractivity contribution in [1.82, 2.24) is 19.4 Å². The summed E-state index contributed by atoms with van der Waals surface area (Å²) < 4.78 is 2.02. The van der Waals surface area contributed by atoms with Crippen LogP contribution >= 0.6 is 0 Å². The second-order valence-electron chi connectivity index (χ2n) is 8.98. The summed E-state index contributed by atoms with van der Waals surface area (Å²) in [6.07, 6.45) is 5.45. The van der Waals surface area contributed by atoms with Gasteiger partial charge in [0.15, 0.2) is 11.5 Å². The minimum Gasteiger partial charge on any atom is -0.346 e. The molecule has 1 amide bonds. The minimum absolute atomic E-state index is 0.0290. The predicted molar refractivity (Wildman–Crippen MR) is 134 cm³/mol. The molecule has 4 rings (SSSR count). The number of fused-ring (bicyclic) bond motifs is 1. The molecule has 0 saturated carbocycles. The first-order chi connectivity index (χ1) is 16.4. The average molecular weight is 458 g/mol. The largest absolute Gasteiger partial charge is 0.346 e. The molecule has 3 aromatic rings. The zero-order valence-corrected chi connectivity index (χ0v) is 20.2. The normalized spacial score (nSPS) is 14.2. The van der Waals surface area contributed by atoms with Crippen molar-refractivity contribution >= 4 is 28.4 Å². The van der Waals surface area contributed by atoms with Crippen LogP contribution in [0.3, 0.4) is 0 Å². The van der Waals surface area contributed by atoms with Gasteiger partial charge in [-0.2, -0.15) is 0 Å². The van der Waals surface area contributed by atoms with Gasteiger partial charge in [0.05, 0.1) is 36.1 Å². The maximum absolute atomic E-state index is 13.5. The number of aromatic nitrogens is 2. The number of piperidine rings is 1. The van der Waals surface area contributed by atoms with Crippen LogP contribution in [-0.4, -0.2) is 64.3 Å². The molecule has 1 aromatic carbocycles. The molecule has 34 heavy (non-hydrogen) atoms. The number of pyridine rings is 1. The molecule has 0 spiro atoms. The van der Waals surface area contributed by atoms with Gasteiger partial charge in [-0.05, 0) is 63.5 Å². The number of carbonyl (C=O) groups is 2. The van der Waals surface area contributed by atoms with Gasteiger partial charge in [0, 0.05) is 31.2 Å². The molecule has 0 aliphatic carbocycles. The lowest BCUT2D eigenvalue weighted by Crippen LogP contribution is -2.34. The molecule has 1 aliphatic heterocycles. The molecule has 0 N–H and O–H groups in total. The number of hydrogen-bond donors (Lipinski definition) is 0. The summed E-state index contributed by atoms with van der Waals surface area (Å²) in [5.41, 5.74) is 5.17. The Balaban J connectivity index is 1.80. The second kappa shape index (κ2) is 10.2. The molecular weight excluding hydrogens is 426 g/mol. The van der Waals surface area contributed by atoms with Crippen LogP contribution in [0.25, 0.3) is 21.6 Å². The third-order valence-electron chi connectivity index (χ3n) is 6.69. The van der Waals surface area contributed by atoms with Crippen LogP contribution in [0.5, 0.6) is 0 Å². The van der Waals surface area contributed by atoms with Crippen molar-refractivity contribution in [2.75, 3.05) is 33.2 Å². The van der Waals surface area contributed by atoms with Gasteiger partial charge in [0.2, 0.25) is 5.91 Å². The fourth-order valence-electron chi connectivity index (χ4n) is 4.65. The summed E-state index contributed by atoms with van der Waals surface area (Å²) >= 11 is 0. The van der Waals surface area contributed by atoms with E-state index in [0.29, 0.717) is 29.9 Å². The van der Waals surface area contributed by atoms with E-state index in [1.165, 1.54) is 6.42 Å². The number of carbonyl (C=O) groups excluding carboxylic acids is 2. The fraction of sp³-hybridized carbons (Fsp3) is 0.407. The summed E-state index contributed by atoms with van der Waals surface area (Å²) in [6.45, 7) is 14.1. The standard InChI is InChI=1S/C27H31N5O2/c1-5-30(4)25(34)16-20-15-23-27(29-17-20)26(24(33)18-31-13-7-6-8-14-31)19(2)32(23)22-11-9-21(28-3)10-12-22/h9-12,15,17H,5-8,13-14,16,18H2,1-2,4H3. The fourth-order valence-corrected chi connectivity index (χ4v) is 4.65. The molecular formula is C27H31N5O2. The van der Waals surface area contributed by atoms with E-state index in [9.17, 15) is 9.59 Å². The molecule has 0 bridgehead atoms. The van der Waals surface area contributed by atoms with Crippen LogP contribution in [0.1, 0.15) is 47.8 Å². The lowest BCUT2D eigenvalue weighted by molar-refractivity contribution is -0.128. The van der Waals surface area contributed by atoms with Gasteiger partial charge in [-0.3, -0.25) is 19.5 Å². The van der Waals surface area contributed by atoms with Gasteiger partial charge < -0.3 is 9.47 Å². The second-order valence-corrected chi connectivity index (χ2v) is 8.98. The Labute approximate surface area is 200 Å². The number of nitrogens with zero attached hydrogens (tertiary/aromatic N) is 5. The molecule has 176 valence electrons. The van der Waals surface area contributed by atoms with E-state index < -0.39 is 0 Å². The molecule has 7 heteroatoms. The summed E-state index contributed by atoms with van der Waals surface area (Å²) in [5.74, 6) is 0.101. The Bertz CT molecular complexity index is 1250. The first kappa shape index (κ1) is 23.7. The zero-order valence-electron chi connectivity index (χ0n) is 20.2. The molecule has 1 fully saturated rings. The summed E-state index contributed by atoms with van der Waals surface area (Å²) in [5, 5.41) is 0. The zero-order chi connectivity index (χ0) is 24.2. The summed E-state index contributed by atoms with van der Waals surface area (Å²) in [7, 11) is 1.79. The Hall–Kier alpha value is -3.50. The van der Waals surface area contributed by atoms with Crippen molar-refractivity contribution in [3.05, 3.63) is 64.8 Å². The molecule has 1 saturated heterocycles. The third-order valence-corrected chi connectivity index (χ3v) is 6.69. The lowest BCUT2D eigenvalue weighted by Gasteiger charge is -2.25. The van der Waals surface area contributed by atoms with E-state index in [1.54, 1.807) is 30.3 Å². The number of benzene rings is 1. The van der Waals surface area contributed by atoms with Gasteiger partial charge in [0.1, 0.15) is 0 Å². The predicted octanol–water partition coefficient (Wildman–Crippen LogP) is 4.57. The van der Waals surface area contributed by atoms with Crippen molar-refractivity contribution in [1.29, 1.82) is 0 Å². The van der Waals surface area contributed by atoms with Gasteiger partial charge in [0.25, 0.3) is 0 Å². The number of likely N-dealkylation sites (tertiary alicyclic amines) is 1. The highest BCUT2D eigenvalue weighted by molar-refractivity contribution is 6.09. The highest BCUT2D eigenvalue weighted by atomic mass is 16.2. The SMILES string of the molecule is [C-]#[N+]c1ccc(-n2c(C)c(C(=O)CN3CCCCC3)c3ncc(CC(=O)N(C)CC)cc32)cc1. The number of amides is 1. The molecule has 0 unspecified atom stereocenters. The summed E-state index contributed by atoms with van der Waals surface area (Å²) in [6, 6.07) is 9.31. The third kappa shape index (κ3) is 4.73. The molecule has 2 aromatic heterocycles. The smallest absolute Gasteiger partial charge is 0.226 e. The van der Waals surface area contributed by atoms with E-state index in [0.717, 1.165) is 48.4 Å². The van der Waals surface area contributed by atoms with Crippen molar-refractivity contribution in [2.24, 2.45) is 0 Å². The number of likely N-dealkylation sites (N-methyl/N-ethyl adjacent to an activating group) is 1. The first-order valence-electron chi connectivity index (χ1n) is 11.9. The number of Topliss-reactive ketones (excluding diaryl/α,β-unsaturated/α-hetero) is 1. The van der Waals surface area contributed by atoms with E-state index in [4.69, 9.17) is 11.6 Å². The van der Waals surface area contributed by atoms with E-state index >= 15 is 0 Å². The first-order valence-corrected chi connectivity index (χ1v) is 11.9. The quantitative estimate of drug-likeness (QED) is 0.385. The van der Waals surface area contributed by atoms with Crippen LogP contribution in [0.2, 0.25) is 0 Å². The minimum atomic E-state index is 0.0290. The molecule has 0 atom stereocenters. The molecule has 1 aliphatic rings. The van der Waals surface area contributed by atoms with Crippen LogP contribution in [0.15, 0.2) is 36.5 Å². The Morgan fingerprint density at radius 1 is 1.15 bits per heavy atom. The maximum Gasteiger partial charge on any atom is 0.226 e. The van der Waals surface area contributed by atoms with E-state index in [2.05, 4.69) is 9.74 Å². The monoisotopic (exact) mass is 457 g/mol.